The van der Waals surface area contributed by atoms with Gasteiger partial charge in [-0.05, 0) is 18.9 Å². The summed E-state index contributed by atoms with van der Waals surface area (Å²) in [5, 5.41) is 3.36. The molecule has 0 aliphatic carbocycles. The van der Waals surface area contributed by atoms with Gasteiger partial charge in [0.1, 0.15) is 10.8 Å². The number of nitrogens with two attached hydrogens (primary N) is 1. The average molecular weight is 339 g/mol. The van der Waals surface area contributed by atoms with Gasteiger partial charge in [0.2, 0.25) is 0 Å². The Morgan fingerprint density at radius 2 is 2.15 bits per heavy atom. The highest BCUT2D eigenvalue weighted by Gasteiger charge is 2.10. The number of hydrogen-bond acceptors (Lipinski definition) is 3. The lowest BCUT2D eigenvalue weighted by Gasteiger charge is -2.02. The largest absolute Gasteiger partial charge is 0.369 e. The van der Waals surface area contributed by atoms with E-state index in [1.165, 1.54) is 6.07 Å². The summed E-state index contributed by atoms with van der Waals surface area (Å²) in [5.74, 6) is 0.160. The summed E-state index contributed by atoms with van der Waals surface area (Å²) >= 11 is 11.5. The first kappa shape index (κ1) is 16.7. The summed E-state index contributed by atoms with van der Waals surface area (Å²) in [6.45, 7) is 0.534. The lowest BCUT2D eigenvalue weighted by molar-refractivity contribution is 0.0949. The van der Waals surface area contributed by atoms with Gasteiger partial charge < -0.3 is 21.0 Å². The van der Waals surface area contributed by atoms with Gasteiger partial charge in [-0.2, -0.15) is 0 Å². The van der Waals surface area contributed by atoms with Gasteiger partial charge in [-0.3, -0.25) is 4.79 Å². The number of aromatic amines is 2. The molecule has 0 atom stereocenters. The van der Waals surface area contributed by atoms with Crippen molar-refractivity contribution in [3.63, 3.8) is 0 Å². The van der Waals surface area contributed by atoms with E-state index in [0.717, 1.165) is 18.5 Å². The fourth-order valence-corrected chi connectivity index (χ4v) is 1.92. The predicted molar refractivity (Wildman–Crippen MR) is 81.7 cm³/mol. The van der Waals surface area contributed by atoms with E-state index in [0.29, 0.717) is 23.2 Å². The van der Waals surface area contributed by atoms with Gasteiger partial charge in [0, 0.05) is 12.2 Å². The Bertz CT molecular complexity index is 561. The third-order valence-electron chi connectivity index (χ3n) is 2.53. The molecule has 6 nitrogen and oxygen atoms in total. The molecule has 5 N–H and O–H groups in total. The zero-order valence-corrected chi connectivity index (χ0v) is 12.7. The SMILES string of the molecule is Cl.Nc1ncc(CCCNC(=O)c2cc(Cl)c(Cl)[nH]2)[nH]1. The Morgan fingerprint density at radius 3 is 2.70 bits per heavy atom. The molecular weight excluding hydrogens is 325 g/mol. The predicted octanol–water partition coefficient (Wildman–Crippen LogP) is 2.41. The fraction of sp³-hybridized carbons (Fsp3) is 0.273. The maximum absolute atomic E-state index is 11.7. The molecule has 20 heavy (non-hydrogen) atoms. The van der Waals surface area contributed by atoms with Gasteiger partial charge >= 0.3 is 0 Å². The standard InChI is InChI=1S/C11H13Cl2N5O.ClH/c12-7-4-8(18-9(7)13)10(19)15-3-1-2-6-5-16-11(14)17-6;/h4-5,18H,1-3H2,(H,15,19)(H3,14,16,17);1H. The van der Waals surface area contributed by atoms with E-state index in [1.54, 1.807) is 6.20 Å². The first-order valence-electron chi connectivity index (χ1n) is 5.68. The molecule has 0 saturated heterocycles. The van der Waals surface area contributed by atoms with E-state index >= 15 is 0 Å². The zero-order valence-electron chi connectivity index (χ0n) is 10.4. The summed E-state index contributed by atoms with van der Waals surface area (Å²) in [7, 11) is 0. The maximum Gasteiger partial charge on any atom is 0.267 e. The zero-order chi connectivity index (χ0) is 13.8. The second kappa shape index (κ2) is 7.42. The number of aromatic nitrogens is 3. The van der Waals surface area contributed by atoms with Gasteiger partial charge in [-0.15, -0.1) is 12.4 Å². The summed E-state index contributed by atoms with van der Waals surface area (Å²) < 4.78 is 0. The molecule has 1 amide bonds. The van der Waals surface area contributed by atoms with Crippen molar-refractivity contribution in [3.8, 4) is 0 Å². The number of halogens is 3. The van der Waals surface area contributed by atoms with Gasteiger partial charge in [0.05, 0.1) is 11.2 Å². The Balaban J connectivity index is 0.00000200. The van der Waals surface area contributed by atoms with Crippen molar-refractivity contribution in [2.24, 2.45) is 0 Å². The molecule has 0 unspecified atom stereocenters. The van der Waals surface area contributed by atoms with Crippen LogP contribution in [0.25, 0.3) is 0 Å². The van der Waals surface area contributed by atoms with Crippen molar-refractivity contribution in [2.75, 3.05) is 12.3 Å². The molecule has 0 aliphatic rings. The minimum Gasteiger partial charge on any atom is -0.369 e. The van der Waals surface area contributed by atoms with Crippen molar-refractivity contribution in [2.45, 2.75) is 12.8 Å². The molecule has 2 aromatic heterocycles. The lowest BCUT2D eigenvalue weighted by atomic mass is 10.2. The lowest BCUT2D eigenvalue weighted by Crippen LogP contribution is -2.25. The van der Waals surface area contributed by atoms with Crippen molar-refractivity contribution in [3.05, 3.63) is 33.8 Å². The molecule has 0 radical (unpaired) electrons. The van der Waals surface area contributed by atoms with Crippen LogP contribution >= 0.6 is 35.6 Å². The van der Waals surface area contributed by atoms with Crippen LogP contribution in [0.4, 0.5) is 5.95 Å². The van der Waals surface area contributed by atoms with Crippen LogP contribution in [0.1, 0.15) is 22.6 Å². The van der Waals surface area contributed by atoms with Crippen LogP contribution < -0.4 is 11.1 Å². The highest BCUT2D eigenvalue weighted by atomic mass is 35.5. The number of nitrogens with one attached hydrogen (secondary N) is 3. The van der Waals surface area contributed by atoms with E-state index < -0.39 is 0 Å². The molecule has 0 fully saturated rings. The van der Waals surface area contributed by atoms with Crippen LogP contribution in [0.2, 0.25) is 10.2 Å². The number of carbonyl (C=O) groups excluding carboxylic acids is 1. The van der Waals surface area contributed by atoms with Gasteiger partial charge in [-0.25, -0.2) is 4.98 Å². The first-order valence-corrected chi connectivity index (χ1v) is 6.43. The van der Waals surface area contributed by atoms with Crippen molar-refractivity contribution in [1.82, 2.24) is 20.3 Å². The number of hydrogen-bond donors (Lipinski definition) is 4. The summed E-state index contributed by atoms with van der Waals surface area (Å²) in [4.78, 5) is 21.2. The number of H-pyrrole nitrogens is 2. The number of imidazole rings is 1. The molecule has 2 aromatic rings. The van der Waals surface area contributed by atoms with Crippen LogP contribution in [-0.4, -0.2) is 27.4 Å². The minimum absolute atomic E-state index is 0. The van der Waals surface area contributed by atoms with Crippen LogP contribution in [0, 0.1) is 0 Å². The molecular formula is C11H14Cl3N5O. The molecule has 0 bridgehead atoms. The average Bonchev–Trinajstić information content (AvgIpc) is 2.92. The number of aryl methyl sites for hydroxylation is 1. The van der Waals surface area contributed by atoms with Crippen molar-refractivity contribution < 1.29 is 4.79 Å². The second-order valence-electron chi connectivity index (χ2n) is 4.00. The van der Waals surface area contributed by atoms with E-state index in [1.807, 2.05) is 0 Å². The number of nitrogens with zero attached hydrogens (tertiary/aromatic N) is 1. The smallest absolute Gasteiger partial charge is 0.267 e. The van der Waals surface area contributed by atoms with E-state index in [-0.39, 0.29) is 23.5 Å². The quantitative estimate of drug-likeness (QED) is 0.630. The van der Waals surface area contributed by atoms with Crippen molar-refractivity contribution in [1.29, 1.82) is 0 Å². The number of rotatable bonds is 5. The number of nitrogen functional groups attached to an aromatic ring is 1. The van der Waals surface area contributed by atoms with E-state index in [2.05, 4.69) is 20.3 Å². The minimum atomic E-state index is -0.238. The van der Waals surface area contributed by atoms with Crippen LogP contribution in [0.5, 0.6) is 0 Å². The Hall–Kier alpha value is -1.37. The maximum atomic E-state index is 11.7. The van der Waals surface area contributed by atoms with Crippen LogP contribution in [0.15, 0.2) is 12.3 Å². The molecule has 2 heterocycles. The molecule has 110 valence electrons. The molecule has 9 heteroatoms. The monoisotopic (exact) mass is 337 g/mol. The third kappa shape index (κ3) is 4.33. The highest BCUT2D eigenvalue weighted by molar-refractivity contribution is 6.41. The van der Waals surface area contributed by atoms with Crippen LogP contribution in [0.3, 0.4) is 0 Å². The van der Waals surface area contributed by atoms with E-state index in [9.17, 15) is 4.79 Å². The summed E-state index contributed by atoms with van der Waals surface area (Å²) in [6, 6.07) is 1.49. The number of carbonyl (C=O) groups is 1. The first-order chi connectivity index (χ1) is 9.06. The molecule has 0 aromatic carbocycles. The third-order valence-corrected chi connectivity index (χ3v) is 3.22. The van der Waals surface area contributed by atoms with Crippen LogP contribution in [-0.2, 0) is 6.42 Å². The molecule has 2 rings (SSSR count). The molecule has 0 aliphatic heterocycles. The summed E-state index contributed by atoms with van der Waals surface area (Å²) in [5.41, 5.74) is 6.75. The van der Waals surface area contributed by atoms with Gasteiger partial charge in [0.15, 0.2) is 5.95 Å². The Kier molecular flexibility index (Phi) is 6.19. The Labute approximate surface area is 131 Å². The molecule has 0 saturated carbocycles. The molecule has 0 spiro atoms. The van der Waals surface area contributed by atoms with Gasteiger partial charge in [-0.1, -0.05) is 23.2 Å². The van der Waals surface area contributed by atoms with E-state index in [4.69, 9.17) is 28.9 Å². The fourth-order valence-electron chi connectivity index (χ4n) is 1.61. The topological polar surface area (TPSA) is 99.6 Å². The summed E-state index contributed by atoms with van der Waals surface area (Å²) in [6.07, 6.45) is 3.22. The highest BCUT2D eigenvalue weighted by Crippen LogP contribution is 2.21. The second-order valence-corrected chi connectivity index (χ2v) is 4.78. The Morgan fingerprint density at radius 1 is 1.40 bits per heavy atom. The normalized spacial score (nSPS) is 10.1. The van der Waals surface area contributed by atoms with Gasteiger partial charge in [0.25, 0.3) is 5.91 Å². The number of amides is 1. The number of anilines is 1. The van der Waals surface area contributed by atoms with Crippen molar-refractivity contribution >= 4 is 47.5 Å².